The molecule has 116 valence electrons. The van der Waals surface area contributed by atoms with Crippen molar-refractivity contribution >= 4 is 15.9 Å². The maximum absolute atomic E-state index is 13.7. The first-order valence-electron chi connectivity index (χ1n) is 7.87. The van der Waals surface area contributed by atoms with E-state index < -0.39 is 6.10 Å². The molecule has 1 aliphatic carbocycles. The van der Waals surface area contributed by atoms with E-state index in [1.165, 1.54) is 25.3 Å². The van der Waals surface area contributed by atoms with E-state index in [9.17, 15) is 9.50 Å². The third kappa shape index (κ3) is 3.33. The number of hydrogen-bond acceptors (Lipinski definition) is 2. The molecule has 1 heterocycles. The van der Waals surface area contributed by atoms with Crippen molar-refractivity contribution in [2.45, 2.75) is 56.7 Å². The van der Waals surface area contributed by atoms with Gasteiger partial charge in [-0.2, -0.15) is 0 Å². The van der Waals surface area contributed by atoms with E-state index in [1.807, 2.05) is 0 Å². The molecular weight excluding hydrogens is 335 g/mol. The Morgan fingerprint density at radius 1 is 1.29 bits per heavy atom. The monoisotopic (exact) mass is 356 g/mol. The molecule has 2 fully saturated rings. The van der Waals surface area contributed by atoms with Gasteiger partial charge in [-0.25, -0.2) is 4.39 Å². The van der Waals surface area contributed by atoms with Gasteiger partial charge in [0.2, 0.25) is 0 Å². The van der Waals surface area contributed by atoms with Gasteiger partial charge in [-0.15, -0.1) is 0 Å². The van der Waals surface area contributed by atoms with Gasteiger partial charge < -0.3 is 9.84 Å². The lowest BCUT2D eigenvalue weighted by Crippen LogP contribution is -2.42. The topological polar surface area (TPSA) is 29.5 Å². The minimum Gasteiger partial charge on any atom is -0.388 e. The highest BCUT2D eigenvalue weighted by atomic mass is 79.9. The molecule has 21 heavy (non-hydrogen) atoms. The minimum absolute atomic E-state index is 0.0317. The van der Waals surface area contributed by atoms with Crippen molar-refractivity contribution in [2.75, 3.05) is 6.61 Å². The highest BCUT2D eigenvalue weighted by Crippen LogP contribution is 2.44. The molecule has 1 saturated carbocycles. The van der Waals surface area contributed by atoms with E-state index in [0.717, 1.165) is 25.7 Å². The smallest absolute Gasteiger partial charge is 0.137 e. The number of aliphatic hydroxyl groups is 1. The maximum Gasteiger partial charge on any atom is 0.137 e. The third-order valence-electron chi connectivity index (χ3n) is 5.03. The summed E-state index contributed by atoms with van der Waals surface area (Å²) in [6.07, 6.45) is 7.07. The number of rotatable bonds is 2. The number of aliphatic hydroxyl groups excluding tert-OH is 1. The van der Waals surface area contributed by atoms with Crippen molar-refractivity contribution in [3.8, 4) is 0 Å². The first-order chi connectivity index (χ1) is 10.1. The van der Waals surface area contributed by atoms with Crippen LogP contribution in [0.2, 0.25) is 0 Å². The third-order valence-corrected chi connectivity index (χ3v) is 5.67. The molecule has 2 nitrogen and oxygen atoms in total. The van der Waals surface area contributed by atoms with Crippen molar-refractivity contribution in [3.63, 3.8) is 0 Å². The summed E-state index contributed by atoms with van der Waals surface area (Å²) in [6, 6.07) is 4.92. The van der Waals surface area contributed by atoms with Gasteiger partial charge in [-0.1, -0.05) is 25.3 Å². The van der Waals surface area contributed by atoms with Gasteiger partial charge in [-0.05, 0) is 65.2 Å². The molecule has 0 radical (unpaired) electrons. The predicted molar refractivity (Wildman–Crippen MR) is 83.6 cm³/mol. The summed E-state index contributed by atoms with van der Waals surface area (Å²) in [5.74, 6) is -0.150. The summed E-state index contributed by atoms with van der Waals surface area (Å²) in [4.78, 5) is 0. The molecule has 1 aromatic rings. The Labute approximate surface area is 133 Å². The Bertz CT molecular complexity index is 494. The van der Waals surface area contributed by atoms with Crippen LogP contribution in [0.25, 0.3) is 0 Å². The average Bonchev–Trinajstić information content (AvgIpc) is 2.50. The van der Waals surface area contributed by atoms with Gasteiger partial charge in [0.15, 0.2) is 0 Å². The highest BCUT2D eigenvalue weighted by molar-refractivity contribution is 9.10. The Morgan fingerprint density at radius 3 is 2.76 bits per heavy atom. The Kier molecular flexibility index (Phi) is 4.67. The molecule has 4 heteroatoms. The van der Waals surface area contributed by atoms with Crippen LogP contribution in [0.15, 0.2) is 22.7 Å². The predicted octanol–water partition coefficient (Wildman–Crippen LogP) is 4.75. The second-order valence-electron chi connectivity index (χ2n) is 6.46. The van der Waals surface area contributed by atoms with Crippen LogP contribution in [0, 0.1) is 11.7 Å². The first kappa shape index (κ1) is 15.4. The van der Waals surface area contributed by atoms with Crippen LogP contribution in [0.5, 0.6) is 0 Å². The Morgan fingerprint density at radius 2 is 2.05 bits per heavy atom. The molecule has 1 aromatic carbocycles. The maximum atomic E-state index is 13.7. The fourth-order valence-corrected chi connectivity index (χ4v) is 4.09. The zero-order valence-electron chi connectivity index (χ0n) is 12.2. The van der Waals surface area contributed by atoms with Crippen molar-refractivity contribution in [2.24, 2.45) is 5.92 Å². The number of halogens is 2. The van der Waals surface area contributed by atoms with E-state index in [-0.39, 0.29) is 17.3 Å². The van der Waals surface area contributed by atoms with Crippen LogP contribution in [0.4, 0.5) is 4.39 Å². The van der Waals surface area contributed by atoms with Gasteiger partial charge >= 0.3 is 0 Å². The van der Waals surface area contributed by atoms with E-state index in [1.54, 1.807) is 12.1 Å². The summed E-state index contributed by atoms with van der Waals surface area (Å²) in [5.41, 5.74) is 0.643. The molecule has 1 aliphatic heterocycles. The second kappa shape index (κ2) is 6.35. The molecule has 0 aromatic heterocycles. The summed E-state index contributed by atoms with van der Waals surface area (Å²) < 4.78 is 20.2. The van der Waals surface area contributed by atoms with Crippen LogP contribution in [0.1, 0.15) is 56.6 Å². The van der Waals surface area contributed by atoms with Crippen LogP contribution >= 0.6 is 15.9 Å². The van der Waals surface area contributed by atoms with Gasteiger partial charge in [0.1, 0.15) is 5.82 Å². The van der Waals surface area contributed by atoms with E-state index >= 15 is 0 Å². The zero-order chi connectivity index (χ0) is 14.9. The lowest BCUT2D eigenvalue weighted by molar-refractivity contribution is -0.134. The van der Waals surface area contributed by atoms with Crippen LogP contribution in [0.3, 0.4) is 0 Å². The minimum atomic E-state index is -0.602. The number of hydrogen-bond donors (Lipinski definition) is 1. The Balaban J connectivity index is 1.74. The molecule has 1 spiro atoms. The molecule has 3 rings (SSSR count). The largest absolute Gasteiger partial charge is 0.388 e. The molecule has 0 bridgehead atoms. The SMILES string of the molecule is OC(c1ccc(Br)c(F)c1)C1CCOC2(CCCCC2)C1. The lowest BCUT2D eigenvalue weighted by Gasteiger charge is -2.44. The summed E-state index contributed by atoms with van der Waals surface area (Å²) in [6.45, 7) is 0.709. The van der Waals surface area contributed by atoms with Crippen molar-refractivity contribution in [1.29, 1.82) is 0 Å². The van der Waals surface area contributed by atoms with E-state index in [4.69, 9.17) is 4.74 Å². The quantitative estimate of drug-likeness (QED) is 0.828. The van der Waals surface area contributed by atoms with Gasteiger partial charge in [0, 0.05) is 6.61 Å². The van der Waals surface area contributed by atoms with Crippen LogP contribution in [-0.4, -0.2) is 17.3 Å². The molecule has 2 atom stereocenters. The zero-order valence-corrected chi connectivity index (χ0v) is 13.7. The van der Waals surface area contributed by atoms with Crippen LogP contribution < -0.4 is 0 Å². The second-order valence-corrected chi connectivity index (χ2v) is 7.32. The molecular formula is C17H22BrFO2. The van der Waals surface area contributed by atoms with E-state index in [0.29, 0.717) is 16.6 Å². The molecule has 1 N–H and O–H groups in total. The van der Waals surface area contributed by atoms with Gasteiger partial charge in [-0.3, -0.25) is 0 Å². The lowest BCUT2D eigenvalue weighted by atomic mass is 9.74. The first-order valence-corrected chi connectivity index (χ1v) is 8.66. The van der Waals surface area contributed by atoms with E-state index in [2.05, 4.69) is 15.9 Å². The summed E-state index contributed by atoms with van der Waals surface area (Å²) >= 11 is 3.16. The molecule has 2 unspecified atom stereocenters. The van der Waals surface area contributed by atoms with Crippen molar-refractivity contribution in [3.05, 3.63) is 34.1 Å². The average molecular weight is 357 g/mol. The normalized spacial score (nSPS) is 26.7. The summed E-state index contributed by atoms with van der Waals surface area (Å²) in [5, 5.41) is 10.6. The Hall–Kier alpha value is -0.450. The fraction of sp³-hybridized carbons (Fsp3) is 0.647. The van der Waals surface area contributed by atoms with Gasteiger partial charge in [0.05, 0.1) is 16.2 Å². The fourth-order valence-electron chi connectivity index (χ4n) is 3.85. The molecule has 2 aliphatic rings. The molecule has 1 saturated heterocycles. The summed E-state index contributed by atoms with van der Waals surface area (Å²) in [7, 11) is 0. The van der Waals surface area contributed by atoms with Crippen molar-refractivity contribution < 1.29 is 14.2 Å². The van der Waals surface area contributed by atoms with Crippen molar-refractivity contribution in [1.82, 2.24) is 0 Å². The number of benzene rings is 1. The highest BCUT2D eigenvalue weighted by Gasteiger charge is 2.40. The molecule has 0 amide bonds. The standard InChI is InChI=1S/C17H22BrFO2/c18-14-5-4-12(10-15(14)19)16(20)13-6-9-21-17(11-13)7-2-1-3-8-17/h4-5,10,13,16,20H,1-3,6-9,11H2. The van der Waals surface area contributed by atoms with Crippen LogP contribution in [-0.2, 0) is 4.74 Å². The van der Waals surface area contributed by atoms with Gasteiger partial charge in [0.25, 0.3) is 0 Å². The number of ether oxygens (including phenoxy) is 1.